The molecule has 1 nitrogen and oxygen atoms in total. The second kappa shape index (κ2) is 6.01. The van der Waals surface area contributed by atoms with E-state index in [1.165, 1.54) is 47.7 Å². The van der Waals surface area contributed by atoms with Crippen LogP contribution < -0.4 is 5.32 Å². The molecule has 0 amide bonds. The summed E-state index contributed by atoms with van der Waals surface area (Å²) in [7, 11) is 2.08. The van der Waals surface area contributed by atoms with Crippen molar-refractivity contribution in [3.63, 3.8) is 0 Å². The van der Waals surface area contributed by atoms with Crippen LogP contribution in [-0.4, -0.2) is 7.05 Å². The van der Waals surface area contributed by atoms with E-state index < -0.39 is 0 Å². The molecule has 0 saturated heterocycles. The minimum absolute atomic E-state index is 0.518. The molecule has 0 aliphatic heterocycles. The van der Waals surface area contributed by atoms with E-state index in [1.54, 1.807) is 0 Å². The molecule has 1 atom stereocenters. The molecule has 2 rings (SSSR count). The van der Waals surface area contributed by atoms with Gasteiger partial charge in [-0.05, 0) is 43.5 Å². The van der Waals surface area contributed by atoms with E-state index in [0.717, 1.165) is 5.92 Å². The summed E-state index contributed by atoms with van der Waals surface area (Å²) < 4.78 is 1.21. The van der Waals surface area contributed by atoms with Crippen LogP contribution in [0.4, 0.5) is 0 Å². The summed E-state index contributed by atoms with van der Waals surface area (Å²) in [6.45, 7) is 2.16. The van der Waals surface area contributed by atoms with Crippen LogP contribution in [0.3, 0.4) is 0 Å². The van der Waals surface area contributed by atoms with E-state index in [4.69, 9.17) is 0 Å². The molecule has 1 fully saturated rings. The highest BCUT2D eigenvalue weighted by molar-refractivity contribution is 9.10. The largest absolute Gasteiger partial charge is 0.313 e. The molecule has 1 aromatic rings. The lowest BCUT2D eigenvalue weighted by Gasteiger charge is -2.21. The Hall–Kier alpha value is -0.340. The second-order valence-corrected chi connectivity index (χ2v) is 6.09. The SMILES string of the molecule is CNC(CC1CCCC1)c1ccc(Br)c(C)c1. The first-order chi connectivity index (χ1) is 8.20. The fourth-order valence-corrected chi connectivity index (χ4v) is 3.13. The van der Waals surface area contributed by atoms with Gasteiger partial charge in [-0.15, -0.1) is 0 Å². The van der Waals surface area contributed by atoms with Crippen LogP contribution in [0.1, 0.15) is 49.3 Å². The van der Waals surface area contributed by atoms with Crippen molar-refractivity contribution in [3.8, 4) is 0 Å². The molecule has 1 aliphatic carbocycles. The van der Waals surface area contributed by atoms with E-state index in [2.05, 4.69) is 53.4 Å². The van der Waals surface area contributed by atoms with Gasteiger partial charge in [-0.2, -0.15) is 0 Å². The number of aryl methyl sites for hydroxylation is 1. The summed E-state index contributed by atoms with van der Waals surface area (Å²) in [5.41, 5.74) is 2.76. The molecule has 17 heavy (non-hydrogen) atoms. The first-order valence-corrected chi connectivity index (χ1v) is 7.43. The van der Waals surface area contributed by atoms with E-state index in [-0.39, 0.29) is 0 Å². The van der Waals surface area contributed by atoms with Gasteiger partial charge in [0.05, 0.1) is 0 Å². The maximum absolute atomic E-state index is 3.57. The predicted molar refractivity (Wildman–Crippen MR) is 77.3 cm³/mol. The fraction of sp³-hybridized carbons (Fsp3) is 0.600. The van der Waals surface area contributed by atoms with Crippen LogP contribution in [0.25, 0.3) is 0 Å². The highest BCUT2D eigenvalue weighted by atomic mass is 79.9. The number of benzene rings is 1. The lowest BCUT2D eigenvalue weighted by atomic mass is 9.93. The van der Waals surface area contributed by atoms with E-state index in [0.29, 0.717) is 6.04 Å². The number of halogens is 1. The Kier molecular flexibility index (Phi) is 4.63. The van der Waals surface area contributed by atoms with Gasteiger partial charge in [-0.1, -0.05) is 53.7 Å². The third-order valence-electron chi connectivity index (χ3n) is 3.98. The summed E-state index contributed by atoms with van der Waals surface area (Å²) in [6, 6.07) is 7.24. The van der Waals surface area contributed by atoms with Gasteiger partial charge >= 0.3 is 0 Å². The van der Waals surface area contributed by atoms with Gasteiger partial charge in [-0.3, -0.25) is 0 Å². The average molecular weight is 296 g/mol. The minimum Gasteiger partial charge on any atom is -0.313 e. The van der Waals surface area contributed by atoms with Gasteiger partial charge in [0, 0.05) is 10.5 Å². The standard InChI is InChI=1S/C15H22BrN/c1-11-9-13(7-8-14(11)16)15(17-2)10-12-5-3-4-6-12/h7-9,12,15,17H,3-6,10H2,1-2H3. The molecule has 1 saturated carbocycles. The van der Waals surface area contributed by atoms with Crippen molar-refractivity contribution in [2.24, 2.45) is 5.92 Å². The Morgan fingerprint density at radius 1 is 1.35 bits per heavy atom. The molecule has 0 spiro atoms. The lowest BCUT2D eigenvalue weighted by Crippen LogP contribution is -2.19. The van der Waals surface area contributed by atoms with Crippen molar-refractivity contribution in [1.82, 2.24) is 5.32 Å². The molecule has 1 unspecified atom stereocenters. The van der Waals surface area contributed by atoms with Crippen LogP contribution in [0.5, 0.6) is 0 Å². The van der Waals surface area contributed by atoms with Crippen molar-refractivity contribution in [3.05, 3.63) is 33.8 Å². The third kappa shape index (κ3) is 3.32. The van der Waals surface area contributed by atoms with Gasteiger partial charge in [0.1, 0.15) is 0 Å². The molecule has 0 heterocycles. The molecular weight excluding hydrogens is 274 g/mol. The third-order valence-corrected chi connectivity index (χ3v) is 4.87. The molecule has 94 valence electrons. The highest BCUT2D eigenvalue weighted by Crippen LogP contribution is 2.33. The zero-order valence-corrected chi connectivity index (χ0v) is 12.4. The smallest absolute Gasteiger partial charge is 0.0320 e. The highest BCUT2D eigenvalue weighted by Gasteiger charge is 2.20. The van der Waals surface area contributed by atoms with Gasteiger partial charge < -0.3 is 5.32 Å². The fourth-order valence-electron chi connectivity index (χ4n) is 2.88. The molecule has 0 radical (unpaired) electrons. The summed E-state index contributed by atoms with van der Waals surface area (Å²) >= 11 is 3.57. The number of hydrogen-bond donors (Lipinski definition) is 1. The first-order valence-electron chi connectivity index (χ1n) is 6.64. The zero-order valence-electron chi connectivity index (χ0n) is 10.8. The van der Waals surface area contributed by atoms with Crippen LogP contribution in [0.2, 0.25) is 0 Å². The minimum atomic E-state index is 0.518. The van der Waals surface area contributed by atoms with Crippen molar-refractivity contribution in [2.45, 2.75) is 45.1 Å². The molecular formula is C15H22BrN. The van der Waals surface area contributed by atoms with Gasteiger partial charge in [0.25, 0.3) is 0 Å². The van der Waals surface area contributed by atoms with E-state index in [9.17, 15) is 0 Å². The Morgan fingerprint density at radius 2 is 2.06 bits per heavy atom. The van der Waals surface area contributed by atoms with Crippen molar-refractivity contribution in [1.29, 1.82) is 0 Å². The Balaban J connectivity index is 2.08. The lowest BCUT2D eigenvalue weighted by molar-refractivity contribution is 0.413. The molecule has 1 aliphatic rings. The Labute approximate surface area is 113 Å². The van der Waals surface area contributed by atoms with E-state index >= 15 is 0 Å². The van der Waals surface area contributed by atoms with Crippen LogP contribution in [0, 0.1) is 12.8 Å². The Morgan fingerprint density at radius 3 is 2.65 bits per heavy atom. The number of hydrogen-bond acceptors (Lipinski definition) is 1. The molecule has 1 N–H and O–H groups in total. The van der Waals surface area contributed by atoms with Crippen LogP contribution in [-0.2, 0) is 0 Å². The summed E-state index contributed by atoms with van der Waals surface area (Å²) in [6.07, 6.45) is 7.00. The molecule has 0 bridgehead atoms. The molecule has 2 heteroatoms. The summed E-state index contributed by atoms with van der Waals surface area (Å²) in [5, 5.41) is 3.48. The van der Waals surface area contributed by atoms with Gasteiger partial charge in [-0.25, -0.2) is 0 Å². The zero-order chi connectivity index (χ0) is 12.3. The quantitative estimate of drug-likeness (QED) is 0.856. The van der Waals surface area contributed by atoms with Crippen molar-refractivity contribution < 1.29 is 0 Å². The van der Waals surface area contributed by atoms with E-state index in [1.807, 2.05) is 0 Å². The molecule has 0 aromatic heterocycles. The average Bonchev–Trinajstić information content (AvgIpc) is 2.82. The maximum atomic E-state index is 3.57. The van der Waals surface area contributed by atoms with Crippen LogP contribution >= 0.6 is 15.9 Å². The topological polar surface area (TPSA) is 12.0 Å². The summed E-state index contributed by atoms with van der Waals surface area (Å²) in [5.74, 6) is 0.927. The normalized spacial score (nSPS) is 18.5. The van der Waals surface area contributed by atoms with Gasteiger partial charge in [0.15, 0.2) is 0 Å². The van der Waals surface area contributed by atoms with Crippen molar-refractivity contribution in [2.75, 3.05) is 7.05 Å². The maximum Gasteiger partial charge on any atom is 0.0320 e. The number of nitrogens with one attached hydrogen (secondary N) is 1. The van der Waals surface area contributed by atoms with Gasteiger partial charge in [0.2, 0.25) is 0 Å². The summed E-state index contributed by atoms with van der Waals surface area (Å²) in [4.78, 5) is 0. The van der Waals surface area contributed by atoms with Crippen molar-refractivity contribution >= 4 is 15.9 Å². The second-order valence-electron chi connectivity index (χ2n) is 5.24. The molecule has 1 aromatic carbocycles. The first kappa shape index (κ1) is 13.1. The number of rotatable bonds is 4. The monoisotopic (exact) mass is 295 g/mol. The Bertz CT molecular complexity index is 369. The van der Waals surface area contributed by atoms with Crippen LogP contribution in [0.15, 0.2) is 22.7 Å². The predicted octanol–water partition coefficient (Wildman–Crippen LogP) is 4.60.